The Morgan fingerprint density at radius 2 is 1.57 bits per heavy atom. The summed E-state index contributed by atoms with van der Waals surface area (Å²) in [7, 11) is 0. The Bertz CT molecular complexity index is 1010. The Balaban J connectivity index is 2.32. The Labute approximate surface area is 175 Å². The number of alkyl halides is 6. The first kappa shape index (κ1) is 23.4. The maximum Gasteiger partial charge on any atom is 0.416 e. The second-order valence-electron chi connectivity index (χ2n) is 5.66. The highest BCUT2D eigenvalue weighted by Gasteiger charge is 2.36. The van der Waals surface area contributed by atoms with Crippen molar-refractivity contribution in [3.8, 4) is 6.07 Å². The Kier molecular flexibility index (Phi) is 6.90. The fraction of sp³-hybridized carbons (Fsp3) is 0.111. The predicted octanol–water partition coefficient (Wildman–Crippen LogP) is 6.49. The zero-order chi connectivity index (χ0) is 22.7. The van der Waals surface area contributed by atoms with Crippen molar-refractivity contribution in [3.05, 3.63) is 69.3 Å². The summed E-state index contributed by atoms with van der Waals surface area (Å²) >= 11 is 11.7. The van der Waals surface area contributed by atoms with Crippen LogP contribution in [0.2, 0.25) is 10.0 Å². The molecular formula is C18H9Cl2F6N3O. The van der Waals surface area contributed by atoms with Crippen molar-refractivity contribution in [1.29, 1.82) is 5.26 Å². The van der Waals surface area contributed by atoms with Crippen molar-refractivity contribution in [2.24, 2.45) is 0 Å². The van der Waals surface area contributed by atoms with Gasteiger partial charge < -0.3 is 10.6 Å². The minimum Gasteiger partial charge on any atom is -0.360 e. The van der Waals surface area contributed by atoms with Crippen molar-refractivity contribution >= 4 is 40.5 Å². The van der Waals surface area contributed by atoms with Crippen LogP contribution in [-0.4, -0.2) is 5.91 Å². The second-order valence-corrected chi connectivity index (χ2v) is 6.45. The van der Waals surface area contributed by atoms with E-state index in [4.69, 9.17) is 28.5 Å². The molecule has 0 fully saturated rings. The van der Waals surface area contributed by atoms with Gasteiger partial charge in [-0.1, -0.05) is 29.3 Å². The number of nitrogens with zero attached hydrogens (tertiary/aromatic N) is 1. The summed E-state index contributed by atoms with van der Waals surface area (Å²) < 4.78 is 77.4. The highest BCUT2D eigenvalue weighted by Crippen LogP contribution is 2.37. The molecule has 2 aromatic rings. The highest BCUT2D eigenvalue weighted by atomic mass is 35.5. The van der Waals surface area contributed by atoms with E-state index >= 15 is 0 Å². The molecule has 0 aliphatic heterocycles. The van der Waals surface area contributed by atoms with Gasteiger partial charge in [0.15, 0.2) is 0 Å². The van der Waals surface area contributed by atoms with Crippen LogP contribution in [0.15, 0.2) is 48.2 Å². The molecule has 4 nitrogen and oxygen atoms in total. The lowest BCUT2D eigenvalue weighted by Gasteiger charge is -2.14. The van der Waals surface area contributed by atoms with Gasteiger partial charge in [-0.15, -0.1) is 0 Å². The van der Waals surface area contributed by atoms with E-state index in [1.807, 2.05) is 0 Å². The van der Waals surface area contributed by atoms with Gasteiger partial charge in [0.2, 0.25) is 0 Å². The van der Waals surface area contributed by atoms with E-state index in [9.17, 15) is 31.1 Å². The number of halogens is 8. The molecule has 0 unspecified atom stereocenters. The smallest absolute Gasteiger partial charge is 0.360 e. The summed E-state index contributed by atoms with van der Waals surface area (Å²) in [6.07, 6.45) is -9.41. The molecule has 0 aliphatic rings. The number of carbonyl (C=O) groups excluding carboxylic acids is 1. The topological polar surface area (TPSA) is 64.9 Å². The number of nitriles is 1. The maximum atomic E-state index is 12.9. The SMILES string of the molecule is N#C/C(=C/Nc1cc(C(F)(F)F)cc(C(F)(F)F)c1)C(=O)Nc1cccc(Cl)c1Cl. The molecule has 0 radical (unpaired) electrons. The molecule has 0 bridgehead atoms. The molecule has 0 saturated heterocycles. The van der Waals surface area contributed by atoms with Crippen LogP contribution in [0.3, 0.4) is 0 Å². The minimum absolute atomic E-state index is 0.0227. The first-order valence-electron chi connectivity index (χ1n) is 7.74. The van der Waals surface area contributed by atoms with Crippen LogP contribution >= 0.6 is 23.2 Å². The largest absolute Gasteiger partial charge is 0.416 e. The average Bonchev–Trinajstić information content (AvgIpc) is 2.64. The number of benzene rings is 2. The van der Waals surface area contributed by atoms with Crippen molar-refractivity contribution < 1.29 is 31.1 Å². The van der Waals surface area contributed by atoms with E-state index in [2.05, 4.69) is 10.6 Å². The van der Waals surface area contributed by atoms with Gasteiger partial charge in [0.1, 0.15) is 11.6 Å². The fourth-order valence-electron chi connectivity index (χ4n) is 2.13. The Morgan fingerprint density at radius 1 is 1.00 bits per heavy atom. The van der Waals surface area contributed by atoms with Crippen LogP contribution in [-0.2, 0) is 17.1 Å². The van der Waals surface area contributed by atoms with E-state index in [0.29, 0.717) is 18.3 Å². The molecular weight excluding hydrogens is 459 g/mol. The van der Waals surface area contributed by atoms with Gasteiger partial charge in [-0.25, -0.2) is 0 Å². The maximum absolute atomic E-state index is 12.9. The molecule has 0 atom stereocenters. The molecule has 0 heterocycles. The molecule has 2 aromatic carbocycles. The van der Waals surface area contributed by atoms with Crippen molar-refractivity contribution in [1.82, 2.24) is 0 Å². The fourth-order valence-corrected chi connectivity index (χ4v) is 2.48. The molecule has 0 saturated carbocycles. The first-order valence-corrected chi connectivity index (χ1v) is 8.50. The number of rotatable bonds is 4. The minimum atomic E-state index is -5.04. The zero-order valence-corrected chi connectivity index (χ0v) is 15.9. The number of hydrogen-bond donors (Lipinski definition) is 2. The molecule has 158 valence electrons. The third-order valence-corrected chi connectivity index (χ3v) is 4.35. The van der Waals surface area contributed by atoms with Crippen molar-refractivity contribution in [3.63, 3.8) is 0 Å². The zero-order valence-electron chi connectivity index (χ0n) is 14.4. The number of carbonyl (C=O) groups is 1. The van der Waals surface area contributed by atoms with Gasteiger partial charge in [0, 0.05) is 11.9 Å². The summed E-state index contributed by atoms with van der Waals surface area (Å²) in [6, 6.07) is 6.52. The monoisotopic (exact) mass is 467 g/mol. The second kappa shape index (κ2) is 8.85. The number of amides is 1. The van der Waals surface area contributed by atoms with Crippen LogP contribution in [0.4, 0.5) is 37.7 Å². The van der Waals surface area contributed by atoms with Crippen LogP contribution < -0.4 is 10.6 Å². The van der Waals surface area contributed by atoms with Crippen LogP contribution in [0.5, 0.6) is 0 Å². The average molecular weight is 468 g/mol. The van der Waals surface area contributed by atoms with Gasteiger partial charge in [-0.2, -0.15) is 31.6 Å². The van der Waals surface area contributed by atoms with E-state index in [1.165, 1.54) is 24.3 Å². The summed E-state index contributed by atoms with van der Waals surface area (Å²) in [4.78, 5) is 12.2. The van der Waals surface area contributed by atoms with Gasteiger partial charge in [-0.05, 0) is 30.3 Å². The quantitative estimate of drug-likeness (QED) is 0.307. The molecule has 2 N–H and O–H groups in total. The van der Waals surface area contributed by atoms with Gasteiger partial charge >= 0.3 is 12.4 Å². The number of hydrogen-bond acceptors (Lipinski definition) is 3. The molecule has 0 spiro atoms. The first-order chi connectivity index (χ1) is 13.8. The molecule has 30 heavy (non-hydrogen) atoms. The van der Waals surface area contributed by atoms with Crippen LogP contribution in [0.1, 0.15) is 11.1 Å². The van der Waals surface area contributed by atoms with Gasteiger partial charge in [0.05, 0.1) is 26.9 Å². The normalized spacial score (nSPS) is 12.3. The number of anilines is 2. The predicted molar refractivity (Wildman–Crippen MR) is 98.9 cm³/mol. The molecule has 1 amide bonds. The van der Waals surface area contributed by atoms with E-state index in [1.54, 1.807) is 0 Å². The van der Waals surface area contributed by atoms with Crippen LogP contribution in [0, 0.1) is 11.3 Å². The lowest BCUT2D eigenvalue weighted by Crippen LogP contribution is -2.15. The van der Waals surface area contributed by atoms with Crippen molar-refractivity contribution in [2.45, 2.75) is 12.4 Å². The Morgan fingerprint density at radius 3 is 2.07 bits per heavy atom. The Hall–Kier alpha value is -2.90. The van der Waals surface area contributed by atoms with Gasteiger partial charge in [-0.3, -0.25) is 4.79 Å². The van der Waals surface area contributed by atoms with Crippen molar-refractivity contribution in [2.75, 3.05) is 10.6 Å². The van der Waals surface area contributed by atoms with E-state index in [-0.39, 0.29) is 21.8 Å². The summed E-state index contributed by atoms with van der Waals surface area (Å²) in [6.45, 7) is 0. The molecule has 12 heteroatoms. The van der Waals surface area contributed by atoms with E-state index in [0.717, 1.165) is 0 Å². The molecule has 0 aliphatic carbocycles. The number of nitrogens with one attached hydrogen (secondary N) is 2. The summed E-state index contributed by atoms with van der Waals surface area (Å²) in [5.41, 5.74) is -4.33. The highest BCUT2D eigenvalue weighted by molar-refractivity contribution is 6.44. The molecule has 0 aromatic heterocycles. The lowest BCUT2D eigenvalue weighted by molar-refractivity contribution is -0.143. The van der Waals surface area contributed by atoms with Gasteiger partial charge in [0.25, 0.3) is 5.91 Å². The summed E-state index contributed by atoms with van der Waals surface area (Å²) in [5, 5.41) is 13.6. The summed E-state index contributed by atoms with van der Waals surface area (Å²) in [5.74, 6) is -1.02. The standard InChI is InChI=1S/C18H9Cl2F6N3O/c19-13-2-1-3-14(15(13)20)29-16(30)9(7-27)8-28-12-5-10(17(21,22)23)4-11(6-12)18(24,25)26/h1-6,8,28H,(H,29,30)/b9-8-. The third-order valence-electron chi connectivity index (χ3n) is 3.54. The van der Waals surface area contributed by atoms with Crippen LogP contribution in [0.25, 0.3) is 0 Å². The lowest BCUT2D eigenvalue weighted by atomic mass is 10.1. The third kappa shape index (κ3) is 5.81. The van der Waals surface area contributed by atoms with E-state index < -0.39 is 40.6 Å². The molecule has 2 rings (SSSR count).